The molecule has 0 aromatic heterocycles. The summed E-state index contributed by atoms with van der Waals surface area (Å²) in [6.45, 7) is -1.05. The molecule has 1 amide bonds. The summed E-state index contributed by atoms with van der Waals surface area (Å²) in [4.78, 5) is 21.8. The molecule has 1 rings (SSSR count). The maximum atomic E-state index is 12.7. The van der Waals surface area contributed by atoms with Crippen LogP contribution in [0, 0.1) is 0 Å². The lowest BCUT2D eigenvalue weighted by Gasteiger charge is -2.12. The van der Waals surface area contributed by atoms with E-state index in [1.165, 1.54) is 5.32 Å². The van der Waals surface area contributed by atoms with Crippen molar-refractivity contribution in [2.75, 3.05) is 13.7 Å². The molecule has 1 aromatic rings. The van der Waals surface area contributed by atoms with Gasteiger partial charge in [-0.25, -0.2) is 4.79 Å². The standard InChI is InChI=1S/C14H11F6NO4/c1-25-10-3-2-9(13(15,16)17)5-7(10)4-8(11(22)23)6-21-12(24)14(18,19)20/h2-5H,6H2,1H3,(H,21,24)(H,22,23). The van der Waals surface area contributed by atoms with E-state index in [4.69, 9.17) is 9.84 Å². The van der Waals surface area contributed by atoms with E-state index >= 15 is 0 Å². The van der Waals surface area contributed by atoms with E-state index in [0.717, 1.165) is 13.2 Å². The van der Waals surface area contributed by atoms with Gasteiger partial charge in [-0.1, -0.05) is 0 Å². The molecule has 0 saturated heterocycles. The predicted molar refractivity (Wildman–Crippen MR) is 72.7 cm³/mol. The SMILES string of the molecule is COc1ccc(C(F)(F)F)cc1C=C(CNC(=O)C(F)(F)F)C(=O)O. The summed E-state index contributed by atoms with van der Waals surface area (Å²) in [5.41, 5.74) is -2.20. The highest BCUT2D eigenvalue weighted by atomic mass is 19.4. The van der Waals surface area contributed by atoms with Crippen molar-refractivity contribution in [1.29, 1.82) is 0 Å². The van der Waals surface area contributed by atoms with Crippen molar-refractivity contribution in [3.8, 4) is 5.75 Å². The normalized spacial score (nSPS) is 12.7. The maximum Gasteiger partial charge on any atom is 0.471 e. The molecule has 11 heteroatoms. The summed E-state index contributed by atoms with van der Waals surface area (Å²) in [6, 6.07) is 2.21. The molecule has 0 spiro atoms. The Bertz CT molecular complexity index is 694. The van der Waals surface area contributed by atoms with Crippen molar-refractivity contribution in [2.45, 2.75) is 12.4 Å². The Morgan fingerprint density at radius 1 is 1.20 bits per heavy atom. The molecular weight excluding hydrogens is 360 g/mol. The first-order chi connectivity index (χ1) is 11.4. The first kappa shape index (κ1) is 20.3. The molecule has 0 radical (unpaired) electrons. The Kier molecular flexibility index (Phi) is 6.05. The molecular formula is C14H11F6NO4. The van der Waals surface area contributed by atoms with E-state index < -0.39 is 41.9 Å². The zero-order chi connectivity index (χ0) is 19.4. The lowest BCUT2D eigenvalue weighted by atomic mass is 10.1. The molecule has 0 fully saturated rings. The van der Waals surface area contributed by atoms with Crippen LogP contribution in [0.2, 0.25) is 0 Å². The van der Waals surface area contributed by atoms with Crippen molar-refractivity contribution < 1.29 is 45.8 Å². The number of carbonyl (C=O) groups is 2. The van der Waals surface area contributed by atoms with E-state index in [0.29, 0.717) is 18.2 Å². The van der Waals surface area contributed by atoms with Crippen molar-refractivity contribution in [1.82, 2.24) is 5.32 Å². The molecule has 5 nitrogen and oxygen atoms in total. The van der Waals surface area contributed by atoms with Crippen LogP contribution in [-0.4, -0.2) is 36.8 Å². The first-order valence-electron chi connectivity index (χ1n) is 6.40. The number of aliphatic carboxylic acids is 1. The van der Waals surface area contributed by atoms with Crippen LogP contribution in [0.4, 0.5) is 26.3 Å². The molecule has 138 valence electrons. The third kappa shape index (κ3) is 5.69. The molecule has 0 aliphatic carbocycles. The number of carboxylic acid groups (broad SMARTS) is 1. The predicted octanol–water partition coefficient (Wildman–Crippen LogP) is 2.86. The number of carbonyl (C=O) groups excluding carboxylic acids is 1. The number of rotatable bonds is 5. The minimum absolute atomic E-state index is 0.131. The number of ether oxygens (including phenoxy) is 1. The average molecular weight is 371 g/mol. The fraction of sp³-hybridized carbons (Fsp3) is 0.286. The molecule has 0 bridgehead atoms. The molecule has 0 aliphatic rings. The topological polar surface area (TPSA) is 75.6 Å². The number of halogens is 6. The van der Waals surface area contributed by atoms with Gasteiger partial charge in [0.05, 0.1) is 24.8 Å². The highest BCUT2D eigenvalue weighted by molar-refractivity contribution is 5.94. The summed E-state index contributed by atoms with van der Waals surface area (Å²) in [7, 11) is 1.12. The van der Waals surface area contributed by atoms with Crippen molar-refractivity contribution in [3.05, 3.63) is 34.9 Å². The second-order valence-electron chi connectivity index (χ2n) is 4.61. The Balaban J connectivity index is 3.21. The van der Waals surface area contributed by atoms with Gasteiger partial charge in [0, 0.05) is 5.56 Å². The molecule has 0 aliphatic heterocycles. The maximum absolute atomic E-state index is 12.7. The van der Waals surface area contributed by atoms with Gasteiger partial charge in [0.15, 0.2) is 0 Å². The quantitative estimate of drug-likeness (QED) is 0.617. The van der Waals surface area contributed by atoms with Gasteiger partial charge in [-0.3, -0.25) is 4.79 Å². The van der Waals surface area contributed by atoms with Crippen LogP contribution in [0.5, 0.6) is 5.75 Å². The van der Waals surface area contributed by atoms with Crippen molar-refractivity contribution in [3.63, 3.8) is 0 Å². The molecule has 0 unspecified atom stereocenters. The van der Waals surface area contributed by atoms with Crippen molar-refractivity contribution in [2.24, 2.45) is 0 Å². The molecule has 25 heavy (non-hydrogen) atoms. The third-order valence-corrected chi connectivity index (χ3v) is 2.86. The zero-order valence-electron chi connectivity index (χ0n) is 12.5. The van der Waals surface area contributed by atoms with E-state index in [2.05, 4.69) is 0 Å². The monoisotopic (exact) mass is 371 g/mol. The van der Waals surface area contributed by atoms with Crippen LogP contribution >= 0.6 is 0 Å². The van der Waals surface area contributed by atoms with Gasteiger partial charge in [-0.15, -0.1) is 0 Å². The van der Waals surface area contributed by atoms with Gasteiger partial charge in [-0.2, -0.15) is 26.3 Å². The Morgan fingerprint density at radius 3 is 2.24 bits per heavy atom. The minimum Gasteiger partial charge on any atom is -0.496 e. The van der Waals surface area contributed by atoms with Crippen LogP contribution in [-0.2, 0) is 15.8 Å². The van der Waals surface area contributed by atoms with Crippen LogP contribution in [0.25, 0.3) is 6.08 Å². The smallest absolute Gasteiger partial charge is 0.471 e. The van der Waals surface area contributed by atoms with Gasteiger partial charge < -0.3 is 15.2 Å². The minimum atomic E-state index is -5.22. The second kappa shape index (κ2) is 7.45. The number of methoxy groups -OCH3 is 1. The van der Waals surface area contributed by atoms with E-state index in [-0.39, 0.29) is 11.3 Å². The number of hydrogen-bond donors (Lipinski definition) is 2. The summed E-state index contributed by atoms with van der Waals surface area (Å²) in [6.07, 6.45) is -9.26. The number of nitrogens with one attached hydrogen (secondary N) is 1. The zero-order valence-corrected chi connectivity index (χ0v) is 12.5. The lowest BCUT2D eigenvalue weighted by Crippen LogP contribution is -2.38. The molecule has 1 aromatic carbocycles. The van der Waals surface area contributed by atoms with E-state index in [1.54, 1.807) is 0 Å². The number of amides is 1. The van der Waals surface area contributed by atoms with Crippen LogP contribution in [0.3, 0.4) is 0 Å². The largest absolute Gasteiger partial charge is 0.496 e. The number of alkyl halides is 6. The van der Waals surface area contributed by atoms with Crippen LogP contribution in [0.1, 0.15) is 11.1 Å². The summed E-state index contributed by atoms with van der Waals surface area (Å²) < 4.78 is 79.3. The lowest BCUT2D eigenvalue weighted by molar-refractivity contribution is -0.173. The molecule has 0 saturated carbocycles. The second-order valence-corrected chi connectivity index (χ2v) is 4.61. The number of carboxylic acids is 1. The average Bonchev–Trinajstić information content (AvgIpc) is 2.48. The van der Waals surface area contributed by atoms with Gasteiger partial charge in [-0.05, 0) is 24.3 Å². The Labute approximate surface area is 136 Å². The van der Waals surface area contributed by atoms with Crippen molar-refractivity contribution >= 4 is 18.0 Å². The van der Waals surface area contributed by atoms with Gasteiger partial charge >= 0.3 is 24.2 Å². The Morgan fingerprint density at radius 2 is 1.80 bits per heavy atom. The van der Waals surface area contributed by atoms with E-state index in [9.17, 15) is 35.9 Å². The number of hydrogen-bond acceptors (Lipinski definition) is 3. The summed E-state index contributed by atoms with van der Waals surface area (Å²) in [5.74, 6) is -4.23. The highest BCUT2D eigenvalue weighted by Gasteiger charge is 2.38. The van der Waals surface area contributed by atoms with Gasteiger partial charge in [0.25, 0.3) is 0 Å². The summed E-state index contributed by atoms with van der Waals surface area (Å²) in [5, 5.41) is 10.3. The van der Waals surface area contributed by atoms with Gasteiger partial charge in [0.2, 0.25) is 0 Å². The molecule has 2 N–H and O–H groups in total. The summed E-state index contributed by atoms with van der Waals surface area (Å²) >= 11 is 0. The number of benzene rings is 1. The fourth-order valence-corrected chi connectivity index (χ4v) is 1.68. The fourth-order valence-electron chi connectivity index (χ4n) is 1.68. The van der Waals surface area contributed by atoms with Gasteiger partial charge in [0.1, 0.15) is 5.75 Å². The van der Waals surface area contributed by atoms with Crippen LogP contribution < -0.4 is 10.1 Å². The van der Waals surface area contributed by atoms with E-state index in [1.807, 2.05) is 0 Å². The molecule has 0 heterocycles. The van der Waals surface area contributed by atoms with Crippen LogP contribution in [0.15, 0.2) is 23.8 Å². The first-order valence-corrected chi connectivity index (χ1v) is 6.40. The highest BCUT2D eigenvalue weighted by Crippen LogP contribution is 2.33. The molecule has 0 atom stereocenters. The Hall–Kier alpha value is -2.72. The third-order valence-electron chi connectivity index (χ3n) is 2.86.